The van der Waals surface area contributed by atoms with Gasteiger partial charge in [-0.05, 0) is 158 Å². The van der Waals surface area contributed by atoms with Crippen LogP contribution >= 0.6 is 0 Å². The zero-order valence-corrected chi connectivity index (χ0v) is 46.8. The Kier molecular flexibility index (Phi) is 17.2. The normalized spacial score (nSPS) is 12.4. The van der Waals surface area contributed by atoms with Crippen LogP contribution in [0.4, 0.5) is 5.69 Å². The van der Waals surface area contributed by atoms with E-state index in [0.29, 0.717) is 0 Å². The number of benzene rings is 5. The molecular formula is C67H66N12O3. The number of aryl methyl sites for hydroxylation is 6. The Hall–Kier alpha value is -9.73. The Morgan fingerprint density at radius 1 is 0.366 bits per heavy atom. The van der Waals surface area contributed by atoms with E-state index in [2.05, 4.69) is 163 Å². The molecule has 7 aromatic heterocycles. The van der Waals surface area contributed by atoms with Crippen molar-refractivity contribution in [2.75, 3.05) is 59.5 Å². The van der Waals surface area contributed by atoms with E-state index in [-0.39, 0.29) is 0 Å². The number of ether oxygens (including phenoxy) is 3. The third-order valence-corrected chi connectivity index (χ3v) is 15.3. The number of fused-ring (bicyclic) bond motifs is 3. The van der Waals surface area contributed by atoms with Crippen LogP contribution in [0.5, 0.6) is 17.2 Å². The zero-order chi connectivity index (χ0) is 56.0. The lowest BCUT2D eigenvalue weighted by Crippen LogP contribution is -2.44. The van der Waals surface area contributed by atoms with Gasteiger partial charge in [0.2, 0.25) is 0 Å². The van der Waals surface area contributed by atoms with Crippen LogP contribution in [-0.4, -0.2) is 108 Å². The highest BCUT2D eigenvalue weighted by Crippen LogP contribution is 2.31. The summed E-state index contributed by atoms with van der Waals surface area (Å²) in [5.74, 6) is 2.80. The number of likely N-dealkylation sites (N-methyl/N-ethyl adjacent to an activating group) is 1. The first-order chi connectivity index (χ1) is 40.5. The Morgan fingerprint density at radius 2 is 0.732 bits per heavy atom. The van der Waals surface area contributed by atoms with Crippen LogP contribution in [0, 0.1) is 0 Å². The van der Waals surface area contributed by atoms with Crippen molar-refractivity contribution in [2.24, 2.45) is 0 Å². The van der Waals surface area contributed by atoms with Crippen LogP contribution in [0.25, 0.3) is 50.3 Å². The highest BCUT2D eigenvalue weighted by molar-refractivity contribution is 5.80. The number of pyridine rings is 4. The second kappa shape index (κ2) is 26.0. The second-order valence-corrected chi connectivity index (χ2v) is 20.2. The molecule has 1 saturated heterocycles. The molecule has 0 spiro atoms. The summed E-state index contributed by atoms with van der Waals surface area (Å²) in [7, 11) is 7.33. The molecule has 1 aliphatic heterocycles. The largest absolute Gasteiger partial charge is 0.496 e. The van der Waals surface area contributed by atoms with E-state index < -0.39 is 0 Å². The molecule has 1 fully saturated rings. The maximum atomic E-state index is 5.50. The van der Waals surface area contributed by atoms with E-state index in [0.717, 1.165) is 132 Å². The van der Waals surface area contributed by atoms with Gasteiger partial charge in [-0.15, -0.1) is 30.6 Å². The van der Waals surface area contributed by atoms with E-state index in [1.807, 2.05) is 85.2 Å². The molecule has 0 N–H and O–H groups in total. The molecule has 1 aliphatic rings. The number of aromatic nitrogens is 10. The van der Waals surface area contributed by atoms with Gasteiger partial charge >= 0.3 is 0 Å². The first-order valence-electron chi connectivity index (χ1n) is 27.8. The number of hydrogen-bond acceptors (Lipinski definition) is 12. The van der Waals surface area contributed by atoms with Crippen molar-refractivity contribution in [3.05, 3.63) is 241 Å². The number of nitrogens with zero attached hydrogens (tertiary/aromatic N) is 12. The highest BCUT2D eigenvalue weighted by atomic mass is 16.5. The van der Waals surface area contributed by atoms with Gasteiger partial charge < -0.3 is 24.0 Å². The van der Waals surface area contributed by atoms with Gasteiger partial charge in [0.25, 0.3) is 0 Å². The third-order valence-electron chi connectivity index (χ3n) is 15.3. The van der Waals surface area contributed by atoms with Crippen LogP contribution in [-0.2, 0) is 38.5 Å². The van der Waals surface area contributed by atoms with Gasteiger partial charge in [0, 0.05) is 78.0 Å². The fraction of sp³-hybridized carbons (Fsp3) is 0.209. The van der Waals surface area contributed by atoms with Crippen LogP contribution in [0.3, 0.4) is 0 Å². The minimum atomic E-state index is 0.865. The quantitative estimate of drug-likeness (QED) is 0.0910. The van der Waals surface area contributed by atoms with Gasteiger partial charge in [-0.3, -0.25) is 18.2 Å². The Bertz CT molecular complexity index is 3840. The van der Waals surface area contributed by atoms with Crippen molar-refractivity contribution in [3.63, 3.8) is 0 Å². The molecule has 412 valence electrons. The van der Waals surface area contributed by atoms with Gasteiger partial charge in [0.05, 0.1) is 21.3 Å². The van der Waals surface area contributed by atoms with Crippen molar-refractivity contribution in [1.29, 1.82) is 0 Å². The molecule has 0 aliphatic carbocycles. The molecule has 15 nitrogen and oxygen atoms in total. The molecule has 0 unspecified atom stereocenters. The standard InChI is InChI=1S/C26H29N5O.C21H19N3O.C20H18N4O/c1-29-15-17-30(18-16-29)22-10-7-20(8-11-22)24-14-13-23(31-19-27-28-26(24)31)12-9-21-5-3-4-6-25(21)32-2;1-25-20-10-6-5-9-17(20)11-12-18-13-14-19(16-7-3-2-4-8-16)21-23-22-15-24(18)21;1-25-19-5-3-2-4-16(19)6-7-17-8-9-18(15-10-12-21-13-11-15)20-23-22-14-24(17)20/h3-8,10-11,13-14,19H,9,12,15-18H2,1-2H3;2-10,13-15H,11-12H2,1H3;2-5,8-14H,6-7H2,1H3. The lowest BCUT2D eigenvalue weighted by molar-refractivity contribution is 0.313. The first kappa shape index (κ1) is 54.2. The summed E-state index contributed by atoms with van der Waals surface area (Å²) in [6.45, 7) is 4.37. The smallest absolute Gasteiger partial charge is 0.168 e. The van der Waals surface area contributed by atoms with Gasteiger partial charge in [-0.2, -0.15) is 0 Å². The number of anilines is 1. The lowest BCUT2D eigenvalue weighted by Gasteiger charge is -2.34. The predicted molar refractivity (Wildman–Crippen MR) is 324 cm³/mol. The van der Waals surface area contributed by atoms with E-state index >= 15 is 0 Å². The average Bonchev–Trinajstić information content (AvgIpc) is 4.49. The minimum Gasteiger partial charge on any atom is -0.496 e. The average molecular weight is 1090 g/mol. The number of methoxy groups -OCH3 is 3. The molecule has 8 heterocycles. The molecule has 0 atom stereocenters. The summed E-state index contributed by atoms with van der Waals surface area (Å²) in [5, 5.41) is 25.5. The summed E-state index contributed by atoms with van der Waals surface area (Å²) in [6, 6.07) is 60.5. The van der Waals surface area contributed by atoms with Crippen molar-refractivity contribution in [2.45, 2.75) is 38.5 Å². The maximum Gasteiger partial charge on any atom is 0.168 e. The van der Waals surface area contributed by atoms with E-state index in [1.54, 1.807) is 46.4 Å². The summed E-state index contributed by atoms with van der Waals surface area (Å²) in [5.41, 5.74) is 17.8. The highest BCUT2D eigenvalue weighted by Gasteiger charge is 2.17. The topological polar surface area (TPSA) is 138 Å². The molecule has 82 heavy (non-hydrogen) atoms. The summed E-state index contributed by atoms with van der Waals surface area (Å²) < 4.78 is 22.7. The number of piperazine rings is 1. The SMILES string of the molecule is COc1ccccc1CCc1ccc(-c2ccc(N3CCN(C)CC3)cc2)c2nncn12.COc1ccccc1CCc1ccc(-c2ccccc2)c2nncn12.COc1ccccc1CCc1ccc(-c2ccncc2)c2nncn12. The molecule has 0 amide bonds. The third kappa shape index (κ3) is 12.3. The van der Waals surface area contributed by atoms with Crippen molar-refractivity contribution >= 4 is 22.6 Å². The monoisotopic (exact) mass is 1090 g/mol. The maximum absolute atomic E-state index is 5.50. The van der Waals surface area contributed by atoms with Crippen LogP contribution in [0.2, 0.25) is 0 Å². The molecular weight excluding hydrogens is 1020 g/mol. The molecule has 0 bridgehead atoms. The number of rotatable bonds is 16. The lowest BCUT2D eigenvalue weighted by atomic mass is 10.0. The molecule has 12 aromatic rings. The summed E-state index contributed by atoms with van der Waals surface area (Å²) in [6.07, 6.45) is 14.3. The van der Waals surface area contributed by atoms with E-state index in [9.17, 15) is 0 Å². The Morgan fingerprint density at radius 3 is 1.13 bits per heavy atom. The van der Waals surface area contributed by atoms with Crippen LogP contribution in [0.15, 0.2) is 207 Å². The molecule has 0 saturated carbocycles. The molecule has 15 heteroatoms. The summed E-state index contributed by atoms with van der Waals surface area (Å²) in [4.78, 5) is 8.91. The van der Waals surface area contributed by atoms with Crippen molar-refractivity contribution in [3.8, 4) is 50.6 Å². The van der Waals surface area contributed by atoms with Gasteiger partial charge in [0.15, 0.2) is 16.9 Å². The fourth-order valence-electron chi connectivity index (χ4n) is 10.8. The van der Waals surface area contributed by atoms with Crippen LogP contribution < -0.4 is 19.1 Å². The van der Waals surface area contributed by atoms with Gasteiger partial charge in [0.1, 0.15) is 36.2 Å². The number of para-hydroxylation sites is 3. The predicted octanol–water partition coefficient (Wildman–Crippen LogP) is 11.7. The van der Waals surface area contributed by atoms with Gasteiger partial charge in [-0.1, -0.05) is 97.1 Å². The number of hydrogen-bond donors (Lipinski definition) is 0. The Balaban J connectivity index is 0.000000131. The molecule has 0 radical (unpaired) electrons. The Labute approximate surface area is 478 Å². The van der Waals surface area contributed by atoms with E-state index in [4.69, 9.17) is 14.2 Å². The molecule has 5 aromatic carbocycles. The van der Waals surface area contributed by atoms with Crippen molar-refractivity contribution < 1.29 is 14.2 Å². The first-order valence-corrected chi connectivity index (χ1v) is 27.8. The van der Waals surface area contributed by atoms with E-state index in [1.165, 1.54) is 39.5 Å². The minimum absolute atomic E-state index is 0.865. The molecule has 13 rings (SSSR count). The fourth-order valence-corrected chi connectivity index (χ4v) is 10.8. The zero-order valence-electron chi connectivity index (χ0n) is 46.8. The summed E-state index contributed by atoms with van der Waals surface area (Å²) >= 11 is 0. The van der Waals surface area contributed by atoms with Crippen LogP contribution in [0.1, 0.15) is 33.8 Å². The van der Waals surface area contributed by atoms with Crippen molar-refractivity contribution in [1.82, 2.24) is 53.7 Å². The second-order valence-electron chi connectivity index (χ2n) is 20.2. The van der Waals surface area contributed by atoms with Gasteiger partial charge in [-0.25, -0.2) is 0 Å².